The van der Waals surface area contributed by atoms with Crippen molar-refractivity contribution in [2.24, 2.45) is 0 Å². The Hall–Kier alpha value is -1.00. The molecule has 1 aromatic carbocycles. The smallest absolute Gasteiger partial charge is 0.144 e. The fourth-order valence-corrected chi connectivity index (χ4v) is 2.63. The van der Waals surface area contributed by atoms with Gasteiger partial charge in [0.05, 0.1) is 4.47 Å². The minimum absolute atomic E-state index is 0.658. The molecule has 0 unspecified atom stereocenters. The van der Waals surface area contributed by atoms with Crippen molar-refractivity contribution in [2.75, 3.05) is 0 Å². The van der Waals surface area contributed by atoms with Crippen LogP contribution in [0.5, 0.6) is 0 Å². The average Bonchev–Trinajstić information content (AvgIpc) is 2.43. The van der Waals surface area contributed by atoms with Crippen LogP contribution >= 0.6 is 28.1 Å². The third-order valence-electron chi connectivity index (χ3n) is 2.98. The van der Waals surface area contributed by atoms with Gasteiger partial charge in [0.15, 0.2) is 0 Å². The van der Waals surface area contributed by atoms with E-state index in [1.807, 2.05) is 6.07 Å². The van der Waals surface area contributed by atoms with Crippen LogP contribution in [0.25, 0.3) is 0 Å². The highest BCUT2D eigenvalue weighted by atomic mass is 79.9. The Labute approximate surface area is 127 Å². The summed E-state index contributed by atoms with van der Waals surface area (Å²) in [4.78, 5) is 7.84. The number of aryl methyl sites for hydroxylation is 3. The van der Waals surface area contributed by atoms with Crippen LogP contribution in [0.15, 0.2) is 34.8 Å². The highest BCUT2D eigenvalue weighted by molar-refractivity contribution is 9.10. The first kappa shape index (κ1) is 14.4. The molecule has 0 saturated heterocycles. The van der Waals surface area contributed by atoms with E-state index in [0.29, 0.717) is 4.64 Å². The number of rotatable bonds is 5. The van der Waals surface area contributed by atoms with Gasteiger partial charge in [-0.25, -0.2) is 4.98 Å². The Morgan fingerprint density at radius 2 is 1.89 bits per heavy atom. The van der Waals surface area contributed by atoms with Crippen molar-refractivity contribution in [3.63, 3.8) is 0 Å². The van der Waals surface area contributed by atoms with Crippen molar-refractivity contribution >= 4 is 28.1 Å². The molecular formula is C15H17BrN2S. The van der Waals surface area contributed by atoms with E-state index in [1.165, 1.54) is 5.56 Å². The van der Waals surface area contributed by atoms with Crippen LogP contribution in [0.3, 0.4) is 0 Å². The minimum Gasteiger partial charge on any atom is -0.346 e. The summed E-state index contributed by atoms with van der Waals surface area (Å²) in [5.74, 6) is 0.973. The molecule has 100 valence electrons. The van der Waals surface area contributed by atoms with Gasteiger partial charge < -0.3 is 4.98 Å². The van der Waals surface area contributed by atoms with Gasteiger partial charge in [-0.15, -0.1) is 0 Å². The lowest BCUT2D eigenvalue weighted by Gasteiger charge is -2.08. The lowest BCUT2D eigenvalue weighted by Crippen LogP contribution is -2.03. The second kappa shape index (κ2) is 6.96. The monoisotopic (exact) mass is 336 g/mol. The molecule has 2 aromatic rings. The summed E-state index contributed by atoms with van der Waals surface area (Å²) >= 11 is 8.81. The lowest BCUT2D eigenvalue weighted by atomic mass is 10.1. The highest BCUT2D eigenvalue weighted by Crippen LogP contribution is 2.17. The van der Waals surface area contributed by atoms with E-state index in [9.17, 15) is 0 Å². The van der Waals surface area contributed by atoms with Crippen molar-refractivity contribution in [1.82, 2.24) is 9.97 Å². The molecule has 0 radical (unpaired) electrons. The number of nitrogens with one attached hydrogen (secondary N) is 1. The molecule has 0 bridgehead atoms. The SMILES string of the molecule is CCCc1[nH]c(CCc2ccccc2)nc(=S)c1Br. The lowest BCUT2D eigenvalue weighted by molar-refractivity contribution is 0.796. The summed E-state index contributed by atoms with van der Waals surface area (Å²) < 4.78 is 1.60. The Kier molecular flexibility index (Phi) is 5.28. The van der Waals surface area contributed by atoms with Crippen LogP contribution < -0.4 is 0 Å². The molecule has 0 fully saturated rings. The molecule has 1 N–H and O–H groups in total. The van der Waals surface area contributed by atoms with Gasteiger partial charge in [0, 0.05) is 12.1 Å². The van der Waals surface area contributed by atoms with E-state index < -0.39 is 0 Å². The van der Waals surface area contributed by atoms with Crippen LogP contribution in [0.1, 0.15) is 30.4 Å². The van der Waals surface area contributed by atoms with Crippen LogP contribution in [0, 0.1) is 4.64 Å². The standard InChI is InChI=1S/C15H17BrN2S/c1-2-6-12-14(16)15(19)18-13(17-12)10-9-11-7-4-3-5-8-11/h3-5,7-8H,2,6,9-10H2,1H3,(H,17,18,19). The number of aromatic amines is 1. The molecule has 1 heterocycles. The molecular weight excluding hydrogens is 320 g/mol. The van der Waals surface area contributed by atoms with E-state index in [1.54, 1.807) is 0 Å². The van der Waals surface area contributed by atoms with Gasteiger partial charge in [0.2, 0.25) is 0 Å². The molecule has 4 heteroatoms. The molecule has 19 heavy (non-hydrogen) atoms. The van der Waals surface area contributed by atoms with E-state index >= 15 is 0 Å². The number of hydrogen-bond acceptors (Lipinski definition) is 2. The van der Waals surface area contributed by atoms with Crippen molar-refractivity contribution in [3.8, 4) is 0 Å². The van der Waals surface area contributed by atoms with Gasteiger partial charge >= 0.3 is 0 Å². The largest absolute Gasteiger partial charge is 0.346 e. The minimum atomic E-state index is 0.658. The molecule has 0 aliphatic carbocycles. The normalized spacial score (nSPS) is 10.6. The number of aromatic nitrogens is 2. The van der Waals surface area contributed by atoms with E-state index in [2.05, 4.69) is 57.1 Å². The van der Waals surface area contributed by atoms with Gasteiger partial charge in [0.25, 0.3) is 0 Å². The number of hydrogen-bond donors (Lipinski definition) is 1. The summed E-state index contributed by atoms with van der Waals surface area (Å²) in [6.07, 6.45) is 3.95. The fraction of sp³-hybridized carbons (Fsp3) is 0.333. The van der Waals surface area contributed by atoms with Gasteiger partial charge in [-0.3, -0.25) is 0 Å². The number of benzene rings is 1. The van der Waals surface area contributed by atoms with Gasteiger partial charge in [-0.05, 0) is 34.3 Å². The van der Waals surface area contributed by atoms with Crippen molar-refractivity contribution in [2.45, 2.75) is 32.6 Å². The topological polar surface area (TPSA) is 28.7 Å². The molecule has 1 aromatic heterocycles. The van der Waals surface area contributed by atoms with E-state index in [-0.39, 0.29) is 0 Å². The molecule has 0 aliphatic rings. The molecule has 0 amide bonds. The first-order chi connectivity index (χ1) is 9.20. The zero-order chi connectivity index (χ0) is 13.7. The van der Waals surface area contributed by atoms with Crippen LogP contribution in [0.2, 0.25) is 0 Å². The maximum atomic E-state index is 5.30. The molecule has 0 saturated carbocycles. The molecule has 0 spiro atoms. The second-order valence-corrected chi connectivity index (χ2v) is 5.70. The highest BCUT2D eigenvalue weighted by Gasteiger charge is 2.06. The molecule has 2 rings (SSSR count). The first-order valence-electron chi connectivity index (χ1n) is 6.52. The summed E-state index contributed by atoms with van der Waals surface area (Å²) in [5.41, 5.74) is 2.48. The maximum Gasteiger partial charge on any atom is 0.144 e. The Bertz CT molecular complexity index is 593. The molecule has 2 nitrogen and oxygen atoms in total. The second-order valence-electron chi connectivity index (χ2n) is 4.52. The molecule has 0 aliphatic heterocycles. The first-order valence-corrected chi connectivity index (χ1v) is 7.72. The van der Waals surface area contributed by atoms with E-state index in [4.69, 9.17) is 12.2 Å². The van der Waals surface area contributed by atoms with Crippen molar-refractivity contribution < 1.29 is 0 Å². The summed E-state index contributed by atoms with van der Waals surface area (Å²) in [5, 5.41) is 0. The number of nitrogens with zero attached hydrogens (tertiary/aromatic N) is 1. The Morgan fingerprint density at radius 1 is 1.16 bits per heavy atom. The quantitative estimate of drug-likeness (QED) is 0.805. The van der Waals surface area contributed by atoms with Gasteiger partial charge in [0.1, 0.15) is 10.5 Å². The Balaban J connectivity index is 2.14. The van der Waals surface area contributed by atoms with Crippen molar-refractivity contribution in [1.29, 1.82) is 0 Å². The molecule has 0 atom stereocenters. The summed E-state index contributed by atoms with van der Waals surface area (Å²) in [7, 11) is 0. The third-order valence-corrected chi connectivity index (χ3v) is 4.39. The van der Waals surface area contributed by atoms with Crippen LogP contribution in [-0.2, 0) is 19.3 Å². The summed E-state index contributed by atoms with van der Waals surface area (Å²) in [6.45, 7) is 2.16. The Morgan fingerprint density at radius 3 is 2.58 bits per heavy atom. The predicted molar refractivity (Wildman–Crippen MR) is 85.0 cm³/mol. The zero-order valence-electron chi connectivity index (χ0n) is 10.9. The number of halogens is 1. The predicted octanol–water partition coefficient (Wildman–Crippen LogP) is 4.64. The fourth-order valence-electron chi connectivity index (χ4n) is 2.01. The number of H-pyrrole nitrogens is 1. The maximum absolute atomic E-state index is 5.30. The van der Waals surface area contributed by atoms with Crippen LogP contribution in [0.4, 0.5) is 0 Å². The van der Waals surface area contributed by atoms with Crippen LogP contribution in [-0.4, -0.2) is 9.97 Å². The average molecular weight is 337 g/mol. The van der Waals surface area contributed by atoms with E-state index in [0.717, 1.165) is 41.7 Å². The van der Waals surface area contributed by atoms with Gasteiger partial charge in [-0.2, -0.15) is 0 Å². The van der Waals surface area contributed by atoms with Gasteiger partial charge in [-0.1, -0.05) is 55.9 Å². The third kappa shape index (κ3) is 3.98. The zero-order valence-corrected chi connectivity index (χ0v) is 13.4. The summed E-state index contributed by atoms with van der Waals surface area (Å²) in [6, 6.07) is 10.4. The van der Waals surface area contributed by atoms with Crippen molar-refractivity contribution in [3.05, 3.63) is 56.5 Å².